The number of carbonyl (C=O) groups is 1. The summed E-state index contributed by atoms with van der Waals surface area (Å²) in [5.74, 6) is 0.666. The van der Waals surface area contributed by atoms with Crippen LogP contribution in [0.1, 0.15) is 56.6 Å². The van der Waals surface area contributed by atoms with Crippen molar-refractivity contribution in [3.63, 3.8) is 0 Å². The Labute approximate surface area is 150 Å². The second-order valence-electron chi connectivity index (χ2n) is 7.78. The first-order valence-electron chi connectivity index (χ1n) is 9.03. The predicted molar refractivity (Wildman–Crippen MR) is 101 cm³/mol. The summed E-state index contributed by atoms with van der Waals surface area (Å²) in [5.41, 5.74) is 2.13. The van der Waals surface area contributed by atoms with Gasteiger partial charge in [-0.3, -0.25) is 0 Å². The second-order valence-corrected chi connectivity index (χ2v) is 7.78. The molecule has 1 fully saturated rings. The van der Waals surface area contributed by atoms with E-state index in [9.17, 15) is 4.79 Å². The van der Waals surface area contributed by atoms with Gasteiger partial charge in [0.15, 0.2) is 0 Å². The fraction of sp³-hybridized carbons (Fsp3) is 0.409. The molecule has 2 aromatic carbocycles. The first kappa shape index (κ1) is 17.5. The lowest BCUT2D eigenvalue weighted by atomic mass is 9.82. The topological polar surface area (TPSA) is 38.3 Å². The Morgan fingerprint density at radius 2 is 1.48 bits per heavy atom. The number of amides is 1. The van der Waals surface area contributed by atoms with E-state index in [0.29, 0.717) is 5.92 Å². The van der Waals surface area contributed by atoms with Crippen molar-refractivity contribution >= 4 is 6.09 Å². The van der Waals surface area contributed by atoms with Gasteiger partial charge in [0.1, 0.15) is 5.60 Å². The number of nitrogens with one attached hydrogen (secondary N) is 1. The van der Waals surface area contributed by atoms with Crippen LogP contribution in [0.4, 0.5) is 4.79 Å². The number of hydrogen-bond acceptors (Lipinski definition) is 2. The molecule has 0 aliphatic heterocycles. The summed E-state index contributed by atoms with van der Waals surface area (Å²) in [4.78, 5) is 12.3. The van der Waals surface area contributed by atoms with Crippen LogP contribution in [0.25, 0.3) is 0 Å². The Morgan fingerprint density at radius 3 is 2.04 bits per heavy atom. The maximum absolute atomic E-state index is 12.3. The Bertz CT molecular complexity index is 691. The molecule has 1 saturated carbocycles. The summed E-state index contributed by atoms with van der Waals surface area (Å²) < 4.78 is 5.47. The van der Waals surface area contributed by atoms with Crippen LogP contribution >= 0.6 is 0 Å². The Hall–Kier alpha value is -2.29. The van der Waals surface area contributed by atoms with E-state index in [-0.39, 0.29) is 18.1 Å². The summed E-state index contributed by atoms with van der Waals surface area (Å²) in [5, 5.41) is 3.12. The molecule has 0 saturated heterocycles. The van der Waals surface area contributed by atoms with Gasteiger partial charge in [-0.2, -0.15) is 0 Å². The minimum absolute atomic E-state index is 0.0856. The van der Waals surface area contributed by atoms with Gasteiger partial charge >= 0.3 is 6.09 Å². The fourth-order valence-electron chi connectivity index (χ4n) is 3.83. The molecule has 132 valence electrons. The van der Waals surface area contributed by atoms with E-state index in [0.717, 1.165) is 12.8 Å². The lowest BCUT2D eigenvalue weighted by Gasteiger charge is -2.28. The molecule has 3 nitrogen and oxygen atoms in total. The van der Waals surface area contributed by atoms with Crippen molar-refractivity contribution < 1.29 is 9.53 Å². The normalized spacial score (nSPS) is 23.2. The lowest BCUT2D eigenvalue weighted by molar-refractivity contribution is 0.0500. The highest BCUT2D eigenvalue weighted by molar-refractivity contribution is 5.68. The van der Waals surface area contributed by atoms with E-state index < -0.39 is 5.60 Å². The monoisotopic (exact) mass is 337 g/mol. The van der Waals surface area contributed by atoms with Gasteiger partial charge in [0.05, 0.1) is 0 Å². The van der Waals surface area contributed by atoms with Crippen LogP contribution in [0.15, 0.2) is 60.7 Å². The number of ether oxygens (including phenoxy) is 1. The van der Waals surface area contributed by atoms with Crippen molar-refractivity contribution in [2.45, 2.75) is 57.1 Å². The first-order valence-corrected chi connectivity index (χ1v) is 9.03. The molecule has 1 N–H and O–H groups in total. The maximum Gasteiger partial charge on any atom is 0.407 e. The molecule has 1 aliphatic carbocycles. The van der Waals surface area contributed by atoms with Crippen LogP contribution in [0.5, 0.6) is 0 Å². The molecule has 1 amide bonds. The molecular weight excluding hydrogens is 310 g/mol. The van der Waals surface area contributed by atoms with Gasteiger partial charge in [-0.15, -0.1) is 0 Å². The lowest BCUT2D eigenvalue weighted by Crippen LogP contribution is -2.40. The zero-order valence-corrected chi connectivity index (χ0v) is 15.2. The maximum atomic E-state index is 12.3. The molecule has 0 aromatic heterocycles. The third-order valence-electron chi connectivity index (χ3n) is 4.77. The Morgan fingerprint density at radius 1 is 0.920 bits per heavy atom. The standard InChI is InChI=1S/C22H27NO2/c1-22(2,3)25-21(24)23-19-15-14-18(16-10-6-4-7-11-16)20(19)17-12-8-5-9-13-17/h4-13,18-20H,14-15H2,1-3H3,(H,23,24)/t18-,19+,20-/m0/s1. The first-order chi connectivity index (χ1) is 11.9. The van der Waals surface area contributed by atoms with Gasteiger partial charge in [0, 0.05) is 12.0 Å². The van der Waals surface area contributed by atoms with Crippen LogP contribution in [0.2, 0.25) is 0 Å². The highest BCUT2D eigenvalue weighted by Crippen LogP contribution is 2.46. The number of hydrogen-bond donors (Lipinski definition) is 1. The van der Waals surface area contributed by atoms with Crippen LogP contribution in [-0.2, 0) is 4.74 Å². The number of rotatable bonds is 3. The average Bonchev–Trinajstić information content (AvgIpc) is 2.98. The van der Waals surface area contributed by atoms with Crippen molar-refractivity contribution in [1.29, 1.82) is 0 Å². The molecule has 3 atom stereocenters. The number of alkyl carbamates (subject to hydrolysis) is 1. The quantitative estimate of drug-likeness (QED) is 0.831. The SMILES string of the molecule is CC(C)(C)OC(=O)N[C@@H]1CC[C@@H](c2ccccc2)[C@@H]1c1ccccc1. The average molecular weight is 337 g/mol. The third-order valence-corrected chi connectivity index (χ3v) is 4.77. The minimum Gasteiger partial charge on any atom is -0.444 e. The van der Waals surface area contributed by atoms with Crippen molar-refractivity contribution in [1.82, 2.24) is 5.32 Å². The van der Waals surface area contributed by atoms with Crippen LogP contribution in [-0.4, -0.2) is 17.7 Å². The van der Waals surface area contributed by atoms with Crippen molar-refractivity contribution in [3.8, 4) is 0 Å². The zero-order valence-electron chi connectivity index (χ0n) is 15.2. The van der Waals surface area contributed by atoms with Crippen LogP contribution in [0.3, 0.4) is 0 Å². The van der Waals surface area contributed by atoms with E-state index in [1.807, 2.05) is 32.9 Å². The highest BCUT2D eigenvalue weighted by Gasteiger charge is 2.39. The van der Waals surface area contributed by atoms with Gasteiger partial charge in [0.2, 0.25) is 0 Å². The molecule has 0 unspecified atom stereocenters. The summed E-state index contributed by atoms with van der Waals surface area (Å²) in [6.45, 7) is 5.67. The largest absolute Gasteiger partial charge is 0.444 e. The van der Waals surface area contributed by atoms with Gasteiger partial charge < -0.3 is 10.1 Å². The molecule has 0 heterocycles. The Balaban J connectivity index is 1.84. The van der Waals surface area contributed by atoms with E-state index in [1.165, 1.54) is 11.1 Å². The van der Waals surface area contributed by atoms with E-state index in [4.69, 9.17) is 4.74 Å². The molecular formula is C22H27NO2. The second kappa shape index (κ2) is 7.30. The van der Waals surface area contributed by atoms with E-state index in [1.54, 1.807) is 0 Å². The van der Waals surface area contributed by atoms with E-state index >= 15 is 0 Å². The molecule has 3 heteroatoms. The number of carbonyl (C=O) groups excluding carboxylic acids is 1. The number of benzene rings is 2. The highest BCUT2D eigenvalue weighted by atomic mass is 16.6. The summed E-state index contributed by atoms with van der Waals surface area (Å²) in [6, 6.07) is 21.2. The van der Waals surface area contributed by atoms with Gasteiger partial charge in [-0.1, -0.05) is 60.7 Å². The molecule has 25 heavy (non-hydrogen) atoms. The third kappa shape index (κ3) is 4.41. The predicted octanol–water partition coefficient (Wildman–Crippen LogP) is 5.24. The molecule has 0 bridgehead atoms. The molecule has 0 radical (unpaired) electrons. The summed E-state index contributed by atoms with van der Waals surface area (Å²) in [6.07, 6.45) is 1.69. The molecule has 1 aliphatic rings. The van der Waals surface area contributed by atoms with Crippen molar-refractivity contribution in [2.75, 3.05) is 0 Å². The smallest absolute Gasteiger partial charge is 0.407 e. The molecule has 3 rings (SSSR count). The Kier molecular flexibility index (Phi) is 5.12. The molecule has 2 aromatic rings. The zero-order chi connectivity index (χ0) is 17.9. The van der Waals surface area contributed by atoms with E-state index in [2.05, 4.69) is 53.8 Å². The van der Waals surface area contributed by atoms with Crippen molar-refractivity contribution in [3.05, 3.63) is 71.8 Å². The van der Waals surface area contributed by atoms with Crippen molar-refractivity contribution in [2.24, 2.45) is 0 Å². The van der Waals surface area contributed by atoms with Crippen LogP contribution in [0, 0.1) is 0 Å². The van der Waals surface area contributed by atoms with Gasteiger partial charge in [-0.25, -0.2) is 4.79 Å². The molecule has 0 spiro atoms. The summed E-state index contributed by atoms with van der Waals surface area (Å²) in [7, 11) is 0. The van der Waals surface area contributed by atoms with Crippen LogP contribution < -0.4 is 5.32 Å². The van der Waals surface area contributed by atoms with Gasteiger partial charge in [-0.05, 0) is 50.7 Å². The summed E-state index contributed by atoms with van der Waals surface area (Å²) >= 11 is 0. The minimum atomic E-state index is -0.482. The fourth-order valence-corrected chi connectivity index (χ4v) is 3.83. The van der Waals surface area contributed by atoms with Gasteiger partial charge in [0.25, 0.3) is 0 Å².